The third-order valence-corrected chi connectivity index (χ3v) is 6.29. The minimum atomic E-state index is -0.645. The van der Waals surface area contributed by atoms with Crippen LogP contribution in [0.1, 0.15) is 39.9 Å². The van der Waals surface area contributed by atoms with E-state index in [0.29, 0.717) is 12.2 Å². The van der Waals surface area contributed by atoms with Crippen LogP contribution in [0.3, 0.4) is 0 Å². The summed E-state index contributed by atoms with van der Waals surface area (Å²) in [5.41, 5.74) is 5.72. The fourth-order valence-electron chi connectivity index (χ4n) is 4.33. The molecule has 35 heavy (non-hydrogen) atoms. The molecule has 0 saturated carbocycles. The number of imidazole rings is 1. The number of nitrogens with zero attached hydrogens (tertiary/aromatic N) is 2. The van der Waals surface area contributed by atoms with Crippen molar-refractivity contribution in [3.8, 4) is 0 Å². The van der Waals surface area contributed by atoms with Crippen LogP contribution in [-0.4, -0.2) is 15.5 Å². The molecular formula is C29H26FN3O2. The van der Waals surface area contributed by atoms with Gasteiger partial charge in [0.1, 0.15) is 23.4 Å². The van der Waals surface area contributed by atoms with Crippen LogP contribution in [0.4, 0.5) is 4.39 Å². The summed E-state index contributed by atoms with van der Waals surface area (Å²) < 4.78 is 21.0. The van der Waals surface area contributed by atoms with Gasteiger partial charge in [0, 0.05) is 6.42 Å². The van der Waals surface area contributed by atoms with Gasteiger partial charge in [-0.25, -0.2) is 9.37 Å². The van der Waals surface area contributed by atoms with Crippen LogP contribution in [0.15, 0.2) is 89.5 Å². The van der Waals surface area contributed by atoms with Crippen LogP contribution in [0.25, 0.3) is 11.0 Å². The molecule has 0 radical (unpaired) electrons. The molecular weight excluding hydrogens is 441 g/mol. The van der Waals surface area contributed by atoms with Crippen molar-refractivity contribution in [2.75, 3.05) is 0 Å². The second-order valence-corrected chi connectivity index (χ2v) is 8.74. The molecule has 0 aliphatic rings. The largest absolute Gasteiger partial charge is 0.467 e. The van der Waals surface area contributed by atoms with Crippen LogP contribution in [0.2, 0.25) is 0 Å². The zero-order valence-electron chi connectivity index (χ0n) is 19.7. The fraction of sp³-hybridized carbons (Fsp3) is 0.172. The Labute approximate surface area is 203 Å². The average molecular weight is 468 g/mol. The van der Waals surface area contributed by atoms with Gasteiger partial charge in [0.05, 0.1) is 23.8 Å². The van der Waals surface area contributed by atoms with E-state index in [9.17, 15) is 9.18 Å². The van der Waals surface area contributed by atoms with E-state index < -0.39 is 6.04 Å². The van der Waals surface area contributed by atoms with Gasteiger partial charge < -0.3 is 14.3 Å². The van der Waals surface area contributed by atoms with Gasteiger partial charge in [0.25, 0.3) is 0 Å². The number of benzene rings is 3. The molecule has 6 heteroatoms. The van der Waals surface area contributed by atoms with Gasteiger partial charge in [-0.15, -0.1) is 0 Å². The number of carbonyl (C=O) groups is 1. The van der Waals surface area contributed by atoms with Gasteiger partial charge in [-0.3, -0.25) is 4.79 Å². The molecule has 0 aliphatic heterocycles. The summed E-state index contributed by atoms with van der Waals surface area (Å²) in [5, 5.41) is 3.03. The van der Waals surface area contributed by atoms with E-state index >= 15 is 0 Å². The Morgan fingerprint density at radius 1 is 1.00 bits per heavy atom. The van der Waals surface area contributed by atoms with E-state index in [1.54, 1.807) is 24.5 Å². The van der Waals surface area contributed by atoms with E-state index in [2.05, 4.69) is 31.3 Å². The van der Waals surface area contributed by atoms with Crippen LogP contribution >= 0.6 is 0 Å². The molecule has 3 aromatic carbocycles. The summed E-state index contributed by atoms with van der Waals surface area (Å²) in [6, 6.07) is 23.2. The Kier molecular flexibility index (Phi) is 6.19. The highest BCUT2D eigenvalue weighted by molar-refractivity contribution is 5.87. The highest BCUT2D eigenvalue weighted by Gasteiger charge is 2.28. The maximum atomic E-state index is 13.7. The second-order valence-electron chi connectivity index (χ2n) is 8.74. The molecule has 0 spiro atoms. The van der Waals surface area contributed by atoms with Crippen LogP contribution in [0.5, 0.6) is 0 Å². The predicted molar refractivity (Wildman–Crippen MR) is 134 cm³/mol. The molecule has 1 N–H and O–H groups in total. The zero-order valence-corrected chi connectivity index (χ0v) is 19.7. The minimum absolute atomic E-state index is 0.162. The second kappa shape index (κ2) is 9.58. The molecule has 1 atom stereocenters. The number of carbonyl (C=O) groups excluding carboxylic acids is 1. The Morgan fingerprint density at radius 2 is 1.74 bits per heavy atom. The lowest BCUT2D eigenvalue weighted by molar-refractivity contribution is -0.123. The van der Waals surface area contributed by atoms with Gasteiger partial charge >= 0.3 is 0 Å². The molecule has 2 heterocycles. The topological polar surface area (TPSA) is 60.1 Å². The van der Waals surface area contributed by atoms with Crippen LogP contribution in [0, 0.1) is 19.7 Å². The number of halogens is 1. The zero-order chi connectivity index (χ0) is 24.4. The first-order valence-corrected chi connectivity index (χ1v) is 11.6. The minimum Gasteiger partial charge on any atom is -0.467 e. The van der Waals surface area contributed by atoms with Crippen LogP contribution in [-0.2, 0) is 17.8 Å². The van der Waals surface area contributed by atoms with Gasteiger partial charge in [-0.1, -0.05) is 42.5 Å². The number of fused-ring (bicyclic) bond motifs is 1. The fourth-order valence-corrected chi connectivity index (χ4v) is 4.33. The maximum Gasteiger partial charge on any atom is 0.248 e. The highest BCUT2D eigenvalue weighted by atomic mass is 19.1. The standard InChI is InChI=1S/C29H26FN3O2/c1-19-15-25-26(16-20(19)2)33(27(32-25)17-21-10-12-23(30)13-11-21)28(22-7-4-3-5-8-22)29(34)31-18-24-9-6-14-35-24/h3-16,28H,17-18H2,1-2H3,(H,31,34). The van der Waals surface area contributed by atoms with E-state index in [-0.39, 0.29) is 18.3 Å². The molecule has 176 valence electrons. The van der Waals surface area contributed by atoms with Gasteiger partial charge in [-0.05, 0) is 72.5 Å². The molecule has 0 bridgehead atoms. The third-order valence-electron chi connectivity index (χ3n) is 6.29. The van der Waals surface area contributed by atoms with Crippen molar-refractivity contribution in [2.24, 2.45) is 0 Å². The van der Waals surface area contributed by atoms with Crippen molar-refractivity contribution < 1.29 is 13.6 Å². The summed E-state index contributed by atoms with van der Waals surface area (Å²) in [7, 11) is 0. The summed E-state index contributed by atoms with van der Waals surface area (Å²) in [6.07, 6.45) is 2.05. The SMILES string of the molecule is Cc1cc2nc(Cc3ccc(F)cc3)n(C(C(=O)NCc3ccco3)c3ccccc3)c2cc1C. The number of aryl methyl sites for hydroxylation is 2. The number of nitrogens with one attached hydrogen (secondary N) is 1. The first-order chi connectivity index (χ1) is 17.0. The van der Waals surface area contributed by atoms with Crippen molar-refractivity contribution in [1.82, 2.24) is 14.9 Å². The summed E-state index contributed by atoms with van der Waals surface area (Å²) >= 11 is 0. The number of furan rings is 1. The molecule has 5 aromatic rings. The highest BCUT2D eigenvalue weighted by Crippen LogP contribution is 2.30. The van der Waals surface area contributed by atoms with Gasteiger partial charge in [-0.2, -0.15) is 0 Å². The maximum absolute atomic E-state index is 13.7. The smallest absolute Gasteiger partial charge is 0.248 e. The monoisotopic (exact) mass is 467 g/mol. The molecule has 1 amide bonds. The van der Waals surface area contributed by atoms with Gasteiger partial charge in [0.2, 0.25) is 5.91 Å². The summed E-state index contributed by atoms with van der Waals surface area (Å²) in [5.74, 6) is 0.968. The quantitative estimate of drug-likeness (QED) is 0.325. The average Bonchev–Trinajstić information content (AvgIpc) is 3.49. The lowest BCUT2D eigenvalue weighted by Crippen LogP contribution is -2.33. The van der Waals surface area contributed by atoms with Crippen molar-refractivity contribution >= 4 is 16.9 Å². The Balaban J connectivity index is 1.65. The summed E-state index contributed by atoms with van der Waals surface area (Å²) in [6.45, 7) is 4.39. The van der Waals surface area contributed by atoms with Crippen molar-refractivity contribution in [3.05, 3.63) is 125 Å². The number of rotatable bonds is 7. The lowest BCUT2D eigenvalue weighted by Gasteiger charge is -2.22. The van der Waals surface area contributed by atoms with Gasteiger partial charge in [0.15, 0.2) is 0 Å². The lowest BCUT2D eigenvalue weighted by atomic mass is 10.0. The van der Waals surface area contributed by atoms with Crippen molar-refractivity contribution in [2.45, 2.75) is 32.9 Å². The molecule has 1 unspecified atom stereocenters. The Morgan fingerprint density at radius 3 is 2.46 bits per heavy atom. The molecule has 5 rings (SSSR count). The molecule has 0 fully saturated rings. The first-order valence-electron chi connectivity index (χ1n) is 11.6. The number of hydrogen-bond acceptors (Lipinski definition) is 3. The van der Waals surface area contributed by atoms with E-state index in [1.165, 1.54) is 12.1 Å². The number of aromatic nitrogens is 2. The van der Waals surface area contributed by atoms with Crippen molar-refractivity contribution in [3.63, 3.8) is 0 Å². The third kappa shape index (κ3) is 4.73. The summed E-state index contributed by atoms with van der Waals surface area (Å²) in [4.78, 5) is 18.7. The number of amides is 1. The molecule has 0 saturated heterocycles. The Hall–Kier alpha value is -4.19. The molecule has 2 aromatic heterocycles. The first kappa shape index (κ1) is 22.6. The van der Waals surface area contributed by atoms with Crippen molar-refractivity contribution in [1.29, 1.82) is 0 Å². The van der Waals surface area contributed by atoms with E-state index in [1.807, 2.05) is 41.0 Å². The normalized spacial score (nSPS) is 12.1. The predicted octanol–water partition coefficient (Wildman–Crippen LogP) is 5.88. The molecule has 0 aliphatic carbocycles. The molecule has 5 nitrogen and oxygen atoms in total. The van der Waals surface area contributed by atoms with Crippen LogP contribution < -0.4 is 5.32 Å². The number of hydrogen-bond donors (Lipinski definition) is 1. The Bertz CT molecular complexity index is 1460. The van der Waals surface area contributed by atoms with E-state index in [0.717, 1.165) is 39.1 Å². The van der Waals surface area contributed by atoms with E-state index in [4.69, 9.17) is 9.40 Å².